The van der Waals surface area contributed by atoms with Gasteiger partial charge in [-0.1, -0.05) is 13.8 Å². The van der Waals surface area contributed by atoms with Gasteiger partial charge in [0.05, 0.1) is 34.9 Å². The summed E-state index contributed by atoms with van der Waals surface area (Å²) in [5.41, 5.74) is 0.433. The van der Waals surface area contributed by atoms with Crippen LogP contribution in [0, 0.1) is 11.8 Å². The first-order chi connectivity index (χ1) is 23.1. The molecule has 2 saturated carbocycles. The zero-order chi connectivity index (χ0) is 34.7. The van der Waals surface area contributed by atoms with Crippen LogP contribution in [0.2, 0.25) is 0 Å². The molecule has 7 rings (SSSR count). The van der Waals surface area contributed by atoms with E-state index in [9.17, 15) is 31.1 Å². The molecule has 4 aliphatic rings. The van der Waals surface area contributed by atoms with Gasteiger partial charge in [-0.25, -0.2) is 15.0 Å². The van der Waals surface area contributed by atoms with Crippen LogP contribution < -0.4 is 14.7 Å². The third kappa shape index (κ3) is 7.50. The summed E-state index contributed by atoms with van der Waals surface area (Å²) in [6.07, 6.45) is 0.487. The van der Waals surface area contributed by atoms with E-state index < -0.39 is 23.5 Å². The second kappa shape index (κ2) is 12.5. The predicted molar refractivity (Wildman–Crippen MR) is 173 cm³/mol. The Labute approximate surface area is 281 Å². The minimum atomic E-state index is -4.97. The monoisotopic (exact) mass is 686 g/mol. The predicted octanol–water partition coefficient (Wildman–Crippen LogP) is 8.09. The zero-order valence-electron chi connectivity index (χ0n) is 27.7. The molecule has 0 bridgehead atoms. The molecule has 0 atom stereocenters. The lowest BCUT2D eigenvalue weighted by Crippen LogP contribution is -2.33. The van der Waals surface area contributed by atoms with Crippen LogP contribution >= 0.6 is 0 Å². The average Bonchev–Trinajstić information content (AvgIpc) is 3.97. The first kappa shape index (κ1) is 33.6. The van der Waals surface area contributed by atoms with E-state index in [4.69, 9.17) is 4.98 Å². The van der Waals surface area contributed by atoms with Crippen molar-refractivity contribution in [2.24, 2.45) is 11.8 Å². The van der Waals surface area contributed by atoms with E-state index in [1.165, 1.54) is 12.4 Å². The molecule has 3 aliphatic carbocycles. The molecule has 3 fully saturated rings. The molecular formula is C36H40F6N6O. The lowest BCUT2D eigenvalue weighted by atomic mass is 9.90. The van der Waals surface area contributed by atoms with E-state index in [0.29, 0.717) is 36.9 Å². The Bertz CT molecular complexity index is 1670. The lowest BCUT2D eigenvalue weighted by molar-refractivity contribution is -0.143. The number of hydrogen-bond acceptors (Lipinski definition) is 6. The second-order valence-electron chi connectivity index (χ2n) is 14.8. The van der Waals surface area contributed by atoms with Gasteiger partial charge in [0, 0.05) is 50.1 Å². The molecule has 0 unspecified atom stereocenters. The number of aromatic nitrogens is 3. The van der Waals surface area contributed by atoms with Gasteiger partial charge in [0.1, 0.15) is 5.82 Å². The van der Waals surface area contributed by atoms with Crippen LogP contribution in [0.3, 0.4) is 0 Å². The van der Waals surface area contributed by atoms with Crippen LogP contribution in [0.25, 0.3) is 0 Å². The molecule has 0 N–H and O–H groups in total. The van der Waals surface area contributed by atoms with Crippen LogP contribution in [0.15, 0.2) is 36.7 Å². The largest absolute Gasteiger partial charge is 0.416 e. The highest BCUT2D eigenvalue weighted by Crippen LogP contribution is 2.43. The van der Waals surface area contributed by atoms with Gasteiger partial charge < -0.3 is 14.7 Å². The van der Waals surface area contributed by atoms with E-state index in [-0.39, 0.29) is 42.0 Å². The van der Waals surface area contributed by atoms with E-state index in [1.54, 1.807) is 9.80 Å². The standard InChI is InChI=1S/C36H40F6N6O/c1-34(2)10-9-25-14-26(32(45-31(25)34)46(18-22-5-6-22)19-23-7-8-23)21-47(33-43-16-29(17-44-33)48-11-3-4-30(48)49)20-24-12-27(35(37,38)39)15-28(13-24)36(40,41)42/h12-17,22-23H,3-11,18-21H2,1-2H3. The highest BCUT2D eigenvalue weighted by Gasteiger charge is 2.39. The molecule has 262 valence electrons. The maximum absolute atomic E-state index is 13.9. The Kier molecular flexibility index (Phi) is 8.54. The maximum Gasteiger partial charge on any atom is 0.416 e. The first-order valence-corrected chi connectivity index (χ1v) is 17.1. The van der Waals surface area contributed by atoms with Crippen LogP contribution in [0.1, 0.15) is 92.3 Å². The van der Waals surface area contributed by atoms with Gasteiger partial charge in [0.2, 0.25) is 11.9 Å². The molecule has 0 spiro atoms. The first-order valence-electron chi connectivity index (χ1n) is 17.1. The Morgan fingerprint density at radius 3 is 1.98 bits per heavy atom. The SMILES string of the molecule is CC1(C)CCc2cc(CN(Cc3cc(C(F)(F)F)cc(C(F)(F)F)c3)c3ncc(N4CCCC4=O)cn3)c(N(CC3CC3)CC3CC3)nc21. The second-order valence-corrected chi connectivity index (χ2v) is 14.8. The topological polar surface area (TPSA) is 65.5 Å². The Morgan fingerprint density at radius 2 is 1.45 bits per heavy atom. The average molecular weight is 687 g/mol. The van der Waals surface area contributed by atoms with Crippen molar-refractivity contribution in [3.63, 3.8) is 0 Å². The quantitative estimate of drug-likeness (QED) is 0.190. The third-order valence-corrected chi connectivity index (χ3v) is 10.1. The van der Waals surface area contributed by atoms with Crippen molar-refractivity contribution >= 4 is 23.4 Å². The number of hydrogen-bond donors (Lipinski definition) is 0. The number of pyridine rings is 1. The van der Waals surface area contributed by atoms with Crippen LogP contribution in [0.4, 0.5) is 43.8 Å². The van der Waals surface area contributed by atoms with E-state index >= 15 is 0 Å². The van der Waals surface area contributed by atoms with E-state index in [0.717, 1.165) is 86.4 Å². The molecule has 13 heteroatoms. The van der Waals surface area contributed by atoms with Crippen molar-refractivity contribution < 1.29 is 31.1 Å². The highest BCUT2D eigenvalue weighted by atomic mass is 19.4. The molecule has 1 saturated heterocycles. The summed E-state index contributed by atoms with van der Waals surface area (Å²) in [4.78, 5) is 32.3. The van der Waals surface area contributed by atoms with Crippen molar-refractivity contribution in [1.82, 2.24) is 15.0 Å². The summed E-state index contributed by atoms with van der Waals surface area (Å²) in [6.45, 7) is 6.39. The van der Waals surface area contributed by atoms with Crippen LogP contribution in [-0.4, -0.2) is 40.5 Å². The number of nitrogens with zero attached hydrogens (tertiary/aromatic N) is 6. The van der Waals surface area contributed by atoms with Gasteiger partial charge >= 0.3 is 12.4 Å². The number of halogens is 6. The van der Waals surface area contributed by atoms with Gasteiger partial charge in [-0.05, 0) is 92.2 Å². The number of carbonyl (C=O) groups excluding carboxylic acids is 1. The van der Waals surface area contributed by atoms with Crippen molar-refractivity contribution in [3.05, 3.63) is 70.2 Å². The molecule has 7 nitrogen and oxygen atoms in total. The van der Waals surface area contributed by atoms with E-state index in [2.05, 4.69) is 34.8 Å². The smallest absolute Gasteiger partial charge is 0.356 e. The maximum atomic E-state index is 13.9. The summed E-state index contributed by atoms with van der Waals surface area (Å²) < 4.78 is 83.2. The van der Waals surface area contributed by atoms with Crippen molar-refractivity contribution in [2.75, 3.05) is 34.3 Å². The summed E-state index contributed by atoms with van der Waals surface area (Å²) >= 11 is 0. The van der Waals surface area contributed by atoms with Gasteiger partial charge in [-0.15, -0.1) is 0 Å². The lowest BCUT2D eigenvalue weighted by Gasteiger charge is -2.31. The molecule has 2 aromatic heterocycles. The fourth-order valence-electron chi connectivity index (χ4n) is 7.07. The molecule has 1 amide bonds. The molecule has 49 heavy (non-hydrogen) atoms. The van der Waals surface area contributed by atoms with Crippen LogP contribution in [0.5, 0.6) is 0 Å². The molecule has 3 heterocycles. The molecule has 1 aliphatic heterocycles. The number of amides is 1. The van der Waals surface area contributed by atoms with Crippen LogP contribution in [-0.2, 0) is 42.1 Å². The Morgan fingerprint density at radius 1 is 0.837 bits per heavy atom. The van der Waals surface area contributed by atoms with Gasteiger partial charge in [0.25, 0.3) is 0 Å². The summed E-state index contributed by atoms with van der Waals surface area (Å²) in [6, 6.07) is 3.79. The number of benzene rings is 1. The normalized spacial score (nSPS) is 19.0. The molecule has 1 aromatic carbocycles. The summed E-state index contributed by atoms with van der Waals surface area (Å²) in [7, 11) is 0. The minimum absolute atomic E-state index is 0.0555. The number of alkyl halides is 6. The fraction of sp³-hybridized carbons (Fsp3) is 0.556. The van der Waals surface area contributed by atoms with Gasteiger partial charge in [-0.3, -0.25) is 4.79 Å². The Hall–Kier alpha value is -3.90. The minimum Gasteiger partial charge on any atom is -0.356 e. The van der Waals surface area contributed by atoms with Gasteiger partial charge in [-0.2, -0.15) is 26.3 Å². The fourth-order valence-corrected chi connectivity index (χ4v) is 7.07. The van der Waals surface area contributed by atoms with Crippen molar-refractivity contribution in [2.45, 2.75) is 96.1 Å². The number of fused-ring (bicyclic) bond motifs is 1. The highest BCUT2D eigenvalue weighted by molar-refractivity contribution is 5.95. The molecule has 0 radical (unpaired) electrons. The third-order valence-electron chi connectivity index (χ3n) is 10.1. The number of rotatable bonds is 11. The number of aryl methyl sites for hydroxylation is 1. The summed E-state index contributed by atoms with van der Waals surface area (Å²) in [5.74, 6) is 2.03. The molecular weight excluding hydrogens is 646 g/mol. The summed E-state index contributed by atoms with van der Waals surface area (Å²) in [5, 5.41) is 0. The Balaban J connectivity index is 1.31. The molecule has 3 aromatic rings. The van der Waals surface area contributed by atoms with Gasteiger partial charge in [0.15, 0.2) is 0 Å². The number of carbonyl (C=O) groups is 1. The van der Waals surface area contributed by atoms with Crippen molar-refractivity contribution in [1.29, 1.82) is 0 Å². The number of anilines is 3. The zero-order valence-corrected chi connectivity index (χ0v) is 27.7. The van der Waals surface area contributed by atoms with Crippen molar-refractivity contribution in [3.8, 4) is 0 Å². The van der Waals surface area contributed by atoms with E-state index in [1.807, 2.05) is 0 Å².